The Hall–Kier alpha value is -2.50. The van der Waals surface area contributed by atoms with Crippen LogP contribution in [0.1, 0.15) is 17.7 Å². The first-order chi connectivity index (χ1) is 17.0. The van der Waals surface area contributed by atoms with Crippen LogP contribution in [0.25, 0.3) is 11.0 Å². The topological polar surface area (TPSA) is 112 Å². The normalized spacial score (nSPS) is 20.5. The van der Waals surface area contributed by atoms with E-state index in [1.165, 1.54) is 11.8 Å². The smallest absolute Gasteiger partial charge is 0.235 e. The van der Waals surface area contributed by atoms with Gasteiger partial charge in [-0.15, -0.1) is 11.8 Å². The van der Waals surface area contributed by atoms with Crippen molar-refractivity contribution < 1.29 is 14.6 Å². The zero-order chi connectivity index (χ0) is 24.4. The second-order valence-corrected chi connectivity index (χ2v) is 10.1. The number of likely N-dealkylation sites (tertiary alicyclic amines) is 1. The number of β-amino-alcohol motifs (C(OH)–C–C–N with tert-alkyl or cyclic N) is 1. The predicted octanol–water partition coefficient (Wildman–Crippen LogP) is 2.50. The third-order valence-electron chi connectivity index (χ3n) is 6.37. The molecule has 2 atom stereocenters. The van der Waals surface area contributed by atoms with E-state index in [9.17, 15) is 9.90 Å². The van der Waals surface area contributed by atoms with E-state index in [2.05, 4.69) is 30.5 Å². The minimum Gasteiger partial charge on any atom is -0.481 e. The number of carbonyl (C=O) groups excluding carboxylic acids is 1. The quantitative estimate of drug-likeness (QED) is 0.437. The Morgan fingerprint density at radius 3 is 3.03 bits per heavy atom. The van der Waals surface area contributed by atoms with Crippen LogP contribution in [0.5, 0.6) is 5.88 Å². The minimum absolute atomic E-state index is 0.0238. The molecule has 5 rings (SSSR count). The van der Waals surface area contributed by atoms with Crippen molar-refractivity contribution in [2.24, 2.45) is 0 Å². The molecule has 0 unspecified atom stereocenters. The highest BCUT2D eigenvalue weighted by Crippen LogP contribution is 2.30. The molecule has 35 heavy (non-hydrogen) atoms. The summed E-state index contributed by atoms with van der Waals surface area (Å²) in [6, 6.07) is 7.59. The molecule has 184 valence electrons. The molecule has 0 aromatic carbocycles. The van der Waals surface area contributed by atoms with Crippen molar-refractivity contribution >= 4 is 46.1 Å². The minimum atomic E-state index is -0.500. The van der Waals surface area contributed by atoms with Crippen LogP contribution in [0.15, 0.2) is 35.4 Å². The average Bonchev–Trinajstić information content (AvgIpc) is 2.87. The molecule has 3 aromatic rings. The van der Waals surface area contributed by atoms with Gasteiger partial charge in [0.1, 0.15) is 5.82 Å². The maximum absolute atomic E-state index is 11.6. The number of hydrogen-bond acceptors (Lipinski definition) is 9. The summed E-state index contributed by atoms with van der Waals surface area (Å²) < 4.78 is 5.27. The van der Waals surface area contributed by atoms with E-state index >= 15 is 0 Å². The van der Waals surface area contributed by atoms with Crippen LogP contribution in [-0.4, -0.2) is 75.5 Å². The lowest BCUT2D eigenvalue weighted by molar-refractivity contribution is -0.113. The standard InChI is InChI=1S/C24H27ClN6O3S/c1-34-22-5-3-18-23(30-22)15(16(25)11-27-18)6-8-31-9-7-17(19(32)12-31)26-10-14-2-4-20-24(28-14)29-21(33)13-35-20/h2-5,11,17,19,26,32H,6-10,12-13H2,1H3,(H,28,29,33)/t17-,19-/m0/s1. The lowest BCUT2D eigenvalue weighted by Crippen LogP contribution is -2.52. The zero-order valence-electron chi connectivity index (χ0n) is 19.3. The van der Waals surface area contributed by atoms with E-state index in [1.54, 1.807) is 19.4 Å². The van der Waals surface area contributed by atoms with E-state index in [1.807, 2.05) is 18.2 Å². The van der Waals surface area contributed by atoms with Gasteiger partial charge in [0, 0.05) is 43.5 Å². The van der Waals surface area contributed by atoms with Crippen LogP contribution in [0.4, 0.5) is 5.82 Å². The predicted molar refractivity (Wildman–Crippen MR) is 136 cm³/mol. The molecule has 3 aromatic heterocycles. The second kappa shape index (κ2) is 10.6. The van der Waals surface area contributed by atoms with Gasteiger partial charge in [0.05, 0.1) is 45.6 Å². The first-order valence-corrected chi connectivity index (χ1v) is 12.9. The van der Waals surface area contributed by atoms with Crippen molar-refractivity contribution in [3.8, 4) is 5.88 Å². The number of hydrogen-bond donors (Lipinski definition) is 3. The van der Waals surface area contributed by atoms with Gasteiger partial charge >= 0.3 is 0 Å². The van der Waals surface area contributed by atoms with Crippen molar-refractivity contribution in [1.29, 1.82) is 0 Å². The maximum Gasteiger partial charge on any atom is 0.235 e. The number of aliphatic hydroxyl groups excluding tert-OH is 1. The summed E-state index contributed by atoms with van der Waals surface area (Å²) >= 11 is 7.96. The van der Waals surface area contributed by atoms with Crippen molar-refractivity contribution in [1.82, 2.24) is 25.2 Å². The number of rotatable bonds is 7. The Kier molecular flexibility index (Phi) is 7.35. The molecule has 0 saturated carbocycles. The molecule has 11 heteroatoms. The van der Waals surface area contributed by atoms with Gasteiger partial charge in [-0.2, -0.15) is 0 Å². The highest BCUT2D eigenvalue weighted by atomic mass is 35.5. The molecule has 1 saturated heterocycles. The average molecular weight is 515 g/mol. The zero-order valence-corrected chi connectivity index (χ0v) is 20.9. The van der Waals surface area contributed by atoms with Crippen molar-refractivity contribution in [3.63, 3.8) is 0 Å². The lowest BCUT2D eigenvalue weighted by Gasteiger charge is -2.36. The highest BCUT2D eigenvalue weighted by Gasteiger charge is 2.27. The number of pyridine rings is 3. The van der Waals surface area contributed by atoms with E-state index in [0.29, 0.717) is 42.0 Å². The van der Waals surface area contributed by atoms with Crippen molar-refractivity contribution in [3.05, 3.63) is 46.7 Å². The van der Waals surface area contributed by atoms with Crippen molar-refractivity contribution in [2.45, 2.75) is 36.4 Å². The number of amides is 1. The number of ether oxygens (including phenoxy) is 1. The van der Waals surface area contributed by atoms with E-state index in [0.717, 1.165) is 46.7 Å². The SMILES string of the molecule is COc1ccc2ncc(Cl)c(CCN3CC[C@H](NCc4ccc5c(n4)NC(=O)CS5)[C@@H](O)C3)c2n1. The van der Waals surface area contributed by atoms with Crippen LogP contribution in [-0.2, 0) is 17.8 Å². The molecular weight excluding hydrogens is 488 g/mol. The number of halogens is 1. The largest absolute Gasteiger partial charge is 0.481 e. The molecule has 2 aliphatic rings. The number of carbonyl (C=O) groups is 1. The number of fused-ring (bicyclic) bond motifs is 2. The van der Waals surface area contributed by atoms with Crippen LogP contribution >= 0.6 is 23.4 Å². The summed E-state index contributed by atoms with van der Waals surface area (Å²) in [6.07, 6.45) is 2.68. The second-order valence-electron chi connectivity index (χ2n) is 8.69. The molecule has 0 bridgehead atoms. The van der Waals surface area contributed by atoms with Gasteiger partial charge < -0.3 is 25.4 Å². The van der Waals surface area contributed by atoms with Gasteiger partial charge in [0.15, 0.2) is 0 Å². The van der Waals surface area contributed by atoms with E-state index in [-0.39, 0.29) is 11.9 Å². The number of nitrogens with zero attached hydrogens (tertiary/aromatic N) is 4. The fourth-order valence-electron chi connectivity index (χ4n) is 4.48. The summed E-state index contributed by atoms with van der Waals surface area (Å²) in [5, 5.41) is 17.6. The van der Waals surface area contributed by atoms with Gasteiger partial charge in [0.25, 0.3) is 0 Å². The number of methoxy groups -OCH3 is 1. The van der Waals surface area contributed by atoms with E-state index < -0.39 is 6.10 Å². The monoisotopic (exact) mass is 514 g/mol. The number of nitrogens with one attached hydrogen (secondary N) is 2. The lowest BCUT2D eigenvalue weighted by atomic mass is 10.0. The van der Waals surface area contributed by atoms with E-state index in [4.69, 9.17) is 16.3 Å². The van der Waals surface area contributed by atoms with Crippen LogP contribution in [0, 0.1) is 0 Å². The highest BCUT2D eigenvalue weighted by molar-refractivity contribution is 8.00. The number of anilines is 1. The fraction of sp³-hybridized carbons (Fsp3) is 0.417. The van der Waals surface area contributed by atoms with Gasteiger partial charge in [-0.25, -0.2) is 9.97 Å². The number of thioether (sulfide) groups is 1. The van der Waals surface area contributed by atoms with Crippen molar-refractivity contribution in [2.75, 3.05) is 37.8 Å². The molecule has 1 fully saturated rings. The number of aromatic nitrogens is 3. The Morgan fingerprint density at radius 1 is 1.31 bits per heavy atom. The third-order valence-corrected chi connectivity index (χ3v) is 7.74. The molecule has 5 heterocycles. The Bertz CT molecular complexity index is 1250. The van der Waals surface area contributed by atoms with Gasteiger partial charge in [0.2, 0.25) is 11.8 Å². The molecule has 0 spiro atoms. The first kappa shape index (κ1) is 24.2. The fourth-order valence-corrected chi connectivity index (χ4v) is 5.46. The van der Waals surface area contributed by atoms with Gasteiger partial charge in [-0.3, -0.25) is 9.78 Å². The molecule has 2 aliphatic heterocycles. The van der Waals surface area contributed by atoms with Gasteiger partial charge in [-0.1, -0.05) is 11.6 Å². The third kappa shape index (κ3) is 5.52. The summed E-state index contributed by atoms with van der Waals surface area (Å²) in [5.41, 5.74) is 3.31. The Labute approximate surface area is 212 Å². The summed E-state index contributed by atoms with van der Waals surface area (Å²) in [5.74, 6) is 1.54. The maximum atomic E-state index is 11.6. The summed E-state index contributed by atoms with van der Waals surface area (Å²) in [4.78, 5) is 28.3. The Balaban J connectivity index is 1.16. The first-order valence-electron chi connectivity index (χ1n) is 11.5. The molecule has 1 amide bonds. The summed E-state index contributed by atoms with van der Waals surface area (Å²) in [7, 11) is 1.59. The number of piperidine rings is 1. The van der Waals surface area contributed by atoms with Crippen LogP contribution in [0.3, 0.4) is 0 Å². The van der Waals surface area contributed by atoms with Crippen LogP contribution < -0.4 is 15.4 Å². The number of aliphatic hydroxyl groups is 1. The molecule has 0 radical (unpaired) electrons. The molecule has 3 N–H and O–H groups in total. The molecular formula is C24H27ClN6O3S. The molecule has 0 aliphatic carbocycles. The molecule has 9 nitrogen and oxygen atoms in total. The van der Waals surface area contributed by atoms with Crippen LogP contribution in [0.2, 0.25) is 5.02 Å². The van der Waals surface area contributed by atoms with Gasteiger partial charge in [-0.05, 0) is 37.6 Å². The summed E-state index contributed by atoms with van der Waals surface area (Å²) in [6.45, 7) is 2.71. The Morgan fingerprint density at radius 2 is 2.20 bits per heavy atom.